The predicted molar refractivity (Wildman–Crippen MR) is 55.2 cm³/mol. The number of nitrogens with one attached hydrogen (secondary N) is 1. The fourth-order valence-corrected chi connectivity index (χ4v) is 1.86. The van der Waals surface area contributed by atoms with E-state index in [1.54, 1.807) is 6.26 Å². The van der Waals surface area contributed by atoms with Gasteiger partial charge in [-0.2, -0.15) is 5.10 Å². The largest absolute Gasteiger partial charge is 0.464 e. The van der Waals surface area contributed by atoms with Gasteiger partial charge in [-0.3, -0.25) is 5.10 Å². The third-order valence-corrected chi connectivity index (χ3v) is 2.58. The van der Waals surface area contributed by atoms with Crippen LogP contribution < -0.4 is 0 Å². The van der Waals surface area contributed by atoms with Crippen LogP contribution in [0.25, 0.3) is 21.9 Å². The lowest BCUT2D eigenvalue weighted by molar-refractivity contribution is 0.616. The molecular formula is C11H10N2O. The molecule has 0 atom stereocenters. The highest BCUT2D eigenvalue weighted by atomic mass is 16.3. The van der Waals surface area contributed by atoms with Crippen LogP contribution in [0.15, 0.2) is 28.9 Å². The fraction of sp³-hybridized carbons (Fsp3) is 0.182. The number of furan rings is 1. The molecule has 0 fully saturated rings. The van der Waals surface area contributed by atoms with Crippen molar-refractivity contribution in [3.63, 3.8) is 0 Å². The van der Waals surface area contributed by atoms with Gasteiger partial charge in [0.25, 0.3) is 0 Å². The average Bonchev–Trinajstić information content (AvgIpc) is 2.82. The Morgan fingerprint density at radius 2 is 2.21 bits per heavy atom. The number of benzene rings is 1. The van der Waals surface area contributed by atoms with Crippen LogP contribution in [0, 0.1) is 0 Å². The van der Waals surface area contributed by atoms with Crippen molar-refractivity contribution in [2.24, 2.45) is 0 Å². The summed E-state index contributed by atoms with van der Waals surface area (Å²) in [6, 6.07) is 6.02. The zero-order valence-corrected chi connectivity index (χ0v) is 7.87. The molecule has 70 valence electrons. The molecule has 1 N–H and O–H groups in total. The molecular weight excluding hydrogens is 176 g/mol. The SMILES string of the molecule is CCc1n[nH]c2c1ccc1occc12. The van der Waals surface area contributed by atoms with E-state index in [0.29, 0.717) is 0 Å². The molecule has 0 amide bonds. The minimum Gasteiger partial charge on any atom is -0.464 e. The van der Waals surface area contributed by atoms with Gasteiger partial charge in [0.05, 0.1) is 17.5 Å². The number of aromatic nitrogens is 2. The smallest absolute Gasteiger partial charge is 0.136 e. The standard InChI is InChI=1S/C11H10N2O/c1-2-9-7-3-4-10-8(5-6-14-10)11(7)13-12-9/h3-6H,2H2,1H3,(H,12,13). The van der Waals surface area contributed by atoms with E-state index < -0.39 is 0 Å². The maximum Gasteiger partial charge on any atom is 0.136 e. The first-order chi connectivity index (χ1) is 6.90. The summed E-state index contributed by atoms with van der Waals surface area (Å²) in [4.78, 5) is 0. The molecule has 0 aliphatic rings. The number of H-pyrrole nitrogens is 1. The monoisotopic (exact) mass is 186 g/mol. The first-order valence-corrected chi connectivity index (χ1v) is 4.73. The molecule has 0 spiro atoms. The molecule has 0 saturated carbocycles. The molecule has 1 aromatic carbocycles. The van der Waals surface area contributed by atoms with E-state index in [1.165, 1.54) is 5.39 Å². The van der Waals surface area contributed by atoms with E-state index in [2.05, 4.69) is 23.2 Å². The summed E-state index contributed by atoms with van der Waals surface area (Å²) in [5, 5.41) is 9.64. The zero-order valence-electron chi connectivity index (χ0n) is 7.87. The first-order valence-electron chi connectivity index (χ1n) is 4.73. The van der Waals surface area contributed by atoms with Crippen LogP contribution in [-0.2, 0) is 6.42 Å². The third kappa shape index (κ3) is 0.839. The van der Waals surface area contributed by atoms with E-state index in [-0.39, 0.29) is 0 Å². The van der Waals surface area contributed by atoms with Crippen molar-refractivity contribution in [3.8, 4) is 0 Å². The Kier molecular flexibility index (Phi) is 1.42. The van der Waals surface area contributed by atoms with Crippen LogP contribution in [0.2, 0.25) is 0 Å². The number of fused-ring (bicyclic) bond motifs is 3. The highest BCUT2D eigenvalue weighted by Gasteiger charge is 2.08. The van der Waals surface area contributed by atoms with E-state index in [9.17, 15) is 0 Å². The van der Waals surface area contributed by atoms with Crippen molar-refractivity contribution in [3.05, 3.63) is 30.2 Å². The second-order valence-corrected chi connectivity index (χ2v) is 3.34. The van der Waals surface area contributed by atoms with Gasteiger partial charge < -0.3 is 4.42 Å². The minimum absolute atomic E-state index is 0.906. The topological polar surface area (TPSA) is 41.8 Å². The Hall–Kier alpha value is -1.77. The third-order valence-electron chi connectivity index (χ3n) is 2.58. The van der Waals surface area contributed by atoms with Crippen LogP contribution in [0.4, 0.5) is 0 Å². The van der Waals surface area contributed by atoms with Crippen LogP contribution in [0.3, 0.4) is 0 Å². The maximum atomic E-state index is 5.32. The Balaban J connectivity index is 2.52. The summed E-state index contributed by atoms with van der Waals surface area (Å²) in [5.41, 5.74) is 3.10. The first kappa shape index (κ1) is 7.62. The van der Waals surface area contributed by atoms with Gasteiger partial charge in [0, 0.05) is 10.8 Å². The van der Waals surface area contributed by atoms with Gasteiger partial charge in [0.1, 0.15) is 5.58 Å². The molecule has 14 heavy (non-hydrogen) atoms. The van der Waals surface area contributed by atoms with Gasteiger partial charge in [0.2, 0.25) is 0 Å². The molecule has 0 radical (unpaired) electrons. The Labute approximate surface area is 80.7 Å². The summed E-state index contributed by atoms with van der Waals surface area (Å²) in [5.74, 6) is 0. The number of hydrogen-bond acceptors (Lipinski definition) is 2. The Morgan fingerprint density at radius 1 is 1.29 bits per heavy atom. The van der Waals surface area contributed by atoms with Crippen molar-refractivity contribution in [2.75, 3.05) is 0 Å². The molecule has 0 saturated heterocycles. The lowest BCUT2D eigenvalue weighted by Crippen LogP contribution is -1.78. The van der Waals surface area contributed by atoms with Crippen molar-refractivity contribution in [1.82, 2.24) is 10.2 Å². The minimum atomic E-state index is 0.906. The van der Waals surface area contributed by atoms with Crippen LogP contribution in [0.5, 0.6) is 0 Å². The number of aryl methyl sites for hydroxylation is 1. The van der Waals surface area contributed by atoms with Crippen LogP contribution in [-0.4, -0.2) is 10.2 Å². The highest BCUT2D eigenvalue weighted by Crippen LogP contribution is 2.26. The molecule has 0 bridgehead atoms. The number of nitrogens with zero attached hydrogens (tertiary/aromatic N) is 1. The molecule has 3 rings (SSSR count). The summed E-state index contributed by atoms with van der Waals surface area (Å²) in [6.07, 6.45) is 2.65. The lowest BCUT2D eigenvalue weighted by Gasteiger charge is -1.92. The van der Waals surface area contributed by atoms with Crippen molar-refractivity contribution in [1.29, 1.82) is 0 Å². The summed E-state index contributed by atoms with van der Waals surface area (Å²) in [7, 11) is 0. The molecule has 2 heterocycles. The molecule has 3 heteroatoms. The lowest BCUT2D eigenvalue weighted by atomic mass is 10.1. The van der Waals surface area contributed by atoms with Crippen molar-refractivity contribution in [2.45, 2.75) is 13.3 Å². The quantitative estimate of drug-likeness (QED) is 0.634. The second-order valence-electron chi connectivity index (χ2n) is 3.34. The zero-order chi connectivity index (χ0) is 9.54. The van der Waals surface area contributed by atoms with Gasteiger partial charge in [-0.25, -0.2) is 0 Å². The fourth-order valence-electron chi connectivity index (χ4n) is 1.86. The van der Waals surface area contributed by atoms with E-state index in [1.807, 2.05) is 12.1 Å². The van der Waals surface area contributed by atoms with Crippen molar-refractivity contribution >= 4 is 21.9 Å². The molecule has 0 aliphatic heterocycles. The number of aromatic amines is 1. The Bertz CT molecular complexity index is 591. The molecule has 3 aromatic rings. The van der Waals surface area contributed by atoms with E-state index >= 15 is 0 Å². The summed E-state index contributed by atoms with van der Waals surface area (Å²) >= 11 is 0. The van der Waals surface area contributed by atoms with Gasteiger partial charge in [-0.15, -0.1) is 0 Å². The number of hydrogen-bond donors (Lipinski definition) is 1. The number of rotatable bonds is 1. The summed E-state index contributed by atoms with van der Waals surface area (Å²) in [6.45, 7) is 2.11. The van der Waals surface area contributed by atoms with E-state index in [0.717, 1.165) is 28.6 Å². The Morgan fingerprint density at radius 3 is 3.07 bits per heavy atom. The maximum absolute atomic E-state index is 5.32. The highest BCUT2D eigenvalue weighted by molar-refractivity contribution is 6.04. The second kappa shape index (κ2) is 2.61. The average molecular weight is 186 g/mol. The normalized spacial score (nSPS) is 11.5. The van der Waals surface area contributed by atoms with Gasteiger partial charge >= 0.3 is 0 Å². The van der Waals surface area contributed by atoms with Crippen molar-refractivity contribution < 1.29 is 4.42 Å². The molecule has 2 aromatic heterocycles. The summed E-state index contributed by atoms with van der Waals surface area (Å²) < 4.78 is 5.32. The molecule has 3 nitrogen and oxygen atoms in total. The van der Waals surface area contributed by atoms with Gasteiger partial charge in [0.15, 0.2) is 0 Å². The molecule has 0 aliphatic carbocycles. The molecule has 0 unspecified atom stereocenters. The van der Waals surface area contributed by atoms with E-state index in [4.69, 9.17) is 4.42 Å². The van der Waals surface area contributed by atoms with Crippen LogP contribution in [0.1, 0.15) is 12.6 Å². The van der Waals surface area contributed by atoms with Gasteiger partial charge in [-0.05, 0) is 24.6 Å². The van der Waals surface area contributed by atoms with Crippen LogP contribution >= 0.6 is 0 Å². The predicted octanol–water partition coefficient (Wildman–Crippen LogP) is 2.87. The van der Waals surface area contributed by atoms with Gasteiger partial charge in [-0.1, -0.05) is 6.92 Å².